The van der Waals surface area contributed by atoms with Gasteiger partial charge >= 0.3 is 0 Å². The van der Waals surface area contributed by atoms with Crippen LogP contribution in [0.1, 0.15) is 12.0 Å². The fourth-order valence-electron chi connectivity index (χ4n) is 3.67. The van der Waals surface area contributed by atoms with Gasteiger partial charge in [-0.1, -0.05) is 18.2 Å². The molecule has 4 aromatic rings. The van der Waals surface area contributed by atoms with Crippen molar-refractivity contribution in [3.8, 4) is 22.8 Å². The smallest absolute Gasteiger partial charge is 0.142 e. The summed E-state index contributed by atoms with van der Waals surface area (Å²) in [4.78, 5) is 6.35. The van der Waals surface area contributed by atoms with Gasteiger partial charge in [-0.15, -0.1) is 0 Å². The van der Waals surface area contributed by atoms with Crippen LogP contribution in [0, 0.1) is 6.92 Å². The van der Waals surface area contributed by atoms with Crippen molar-refractivity contribution in [3.63, 3.8) is 0 Å². The van der Waals surface area contributed by atoms with E-state index in [9.17, 15) is 0 Å². The number of fused-ring (bicyclic) bond motifs is 1. The van der Waals surface area contributed by atoms with Crippen LogP contribution < -0.4 is 14.4 Å². The van der Waals surface area contributed by atoms with Crippen molar-refractivity contribution in [2.75, 3.05) is 32.2 Å². The monoisotopic (exact) mass is 402 g/mol. The van der Waals surface area contributed by atoms with Crippen LogP contribution in [0.4, 0.5) is 5.69 Å². The highest BCUT2D eigenvalue weighted by atomic mass is 16.5. The maximum absolute atomic E-state index is 6.20. The van der Waals surface area contributed by atoms with Crippen LogP contribution in [0.15, 0.2) is 71.4 Å². The highest BCUT2D eigenvalue weighted by molar-refractivity contribution is 5.93. The largest absolute Gasteiger partial charge is 0.496 e. The van der Waals surface area contributed by atoms with Crippen molar-refractivity contribution in [3.05, 3.63) is 72.6 Å². The van der Waals surface area contributed by atoms with Crippen LogP contribution in [-0.2, 0) is 0 Å². The molecule has 0 radical (unpaired) electrons. The van der Waals surface area contributed by atoms with Gasteiger partial charge in [-0.05, 0) is 49.7 Å². The highest BCUT2D eigenvalue weighted by Gasteiger charge is 2.18. The summed E-state index contributed by atoms with van der Waals surface area (Å²) in [6.07, 6.45) is 4.56. The second-order valence-corrected chi connectivity index (χ2v) is 7.22. The fourth-order valence-corrected chi connectivity index (χ4v) is 3.67. The predicted octanol–water partition coefficient (Wildman–Crippen LogP) is 5.72. The molecule has 154 valence electrons. The third-order valence-corrected chi connectivity index (χ3v) is 5.25. The molecule has 4 rings (SSSR count). The number of benzene rings is 2. The normalized spacial score (nSPS) is 10.9. The summed E-state index contributed by atoms with van der Waals surface area (Å²) in [5, 5.41) is 1.01. The lowest BCUT2D eigenvalue weighted by Gasteiger charge is -2.18. The van der Waals surface area contributed by atoms with Crippen molar-refractivity contribution in [2.24, 2.45) is 0 Å². The first-order valence-electron chi connectivity index (χ1n) is 10.1. The molecule has 0 bridgehead atoms. The van der Waals surface area contributed by atoms with Gasteiger partial charge in [0.2, 0.25) is 0 Å². The minimum atomic E-state index is 0.623. The van der Waals surface area contributed by atoms with Crippen LogP contribution >= 0.6 is 0 Å². The maximum atomic E-state index is 6.20. The topological polar surface area (TPSA) is 47.7 Å². The molecule has 0 aliphatic rings. The van der Waals surface area contributed by atoms with E-state index in [0.29, 0.717) is 6.61 Å². The Morgan fingerprint density at radius 3 is 2.63 bits per heavy atom. The van der Waals surface area contributed by atoms with Gasteiger partial charge in [-0.25, -0.2) is 0 Å². The molecule has 30 heavy (non-hydrogen) atoms. The maximum Gasteiger partial charge on any atom is 0.142 e. The van der Waals surface area contributed by atoms with Crippen LogP contribution in [0.25, 0.3) is 22.3 Å². The van der Waals surface area contributed by atoms with Crippen LogP contribution in [0.3, 0.4) is 0 Å². The van der Waals surface area contributed by atoms with E-state index in [1.165, 1.54) is 0 Å². The standard InChI is InChI=1S/C25H26N2O3/c1-18-24-22(29-16-8-15-27(2)19-9-7-14-26-17-19)12-6-13-23(24)30-25(18)20-10-4-5-11-21(20)28-3/h4-7,9-14,17H,8,15-16H2,1-3H3. The number of para-hydroxylation sites is 1. The van der Waals surface area contributed by atoms with Gasteiger partial charge in [0.25, 0.3) is 0 Å². The van der Waals surface area contributed by atoms with E-state index < -0.39 is 0 Å². The molecule has 2 aromatic carbocycles. The number of anilines is 1. The second-order valence-electron chi connectivity index (χ2n) is 7.22. The molecule has 0 fully saturated rings. The summed E-state index contributed by atoms with van der Waals surface area (Å²) >= 11 is 0. The Morgan fingerprint density at radius 1 is 1.00 bits per heavy atom. The SMILES string of the molecule is COc1ccccc1-c1oc2cccc(OCCCN(C)c3cccnc3)c2c1C. The number of ether oxygens (including phenoxy) is 2. The van der Waals surface area contributed by atoms with Crippen molar-refractivity contribution in [1.29, 1.82) is 0 Å². The Morgan fingerprint density at radius 2 is 1.83 bits per heavy atom. The predicted molar refractivity (Wildman–Crippen MR) is 121 cm³/mol. The summed E-state index contributed by atoms with van der Waals surface area (Å²) in [6, 6.07) is 17.8. The van der Waals surface area contributed by atoms with E-state index in [4.69, 9.17) is 13.9 Å². The van der Waals surface area contributed by atoms with Gasteiger partial charge in [-0.3, -0.25) is 4.98 Å². The zero-order valence-electron chi connectivity index (χ0n) is 17.6. The molecule has 0 atom stereocenters. The number of aromatic nitrogens is 1. The fraction of sp³-hybridized carbons (Fsp3) is 0.240. The van der Waals surface area contributed by atoms with E-state index in [1.807, 2.05) is 54.7 Å². The Labute approximate surface area is 176 Å². The lowest BCUT2D eigenvalue weighted by molar-refractivity contribution is 0.316. The Bertz CT molecular complexity index is 1120. The summed E-state index contributed by atoms with van der Waals surface area (Å²) in [5.41, 5.74) is 3.92. The van der Waals surface area contributed by atoms with Crippen molar-refractivity contribution in [2.45, 2.75) is 13.3 Å². The first-order chi connectivity index (χ1) is 14.7. The van der Waals surface area contributed by atoms with Crippen LogP contribution in [0.5, 0.6) is 11.5 Å². The number of rotatable bonds is 8. The number of methoxy groups -OCH3 is 1. The number of nitrogens with zero attached hydrogens (tertiary/aromatic N) is 2. The minimum Gasteiger partial charge on any atom is -0.496 e. The van der Waals surface area contributed by atoms with E-state index in [2.05, 4.69) is 29.9 Å². The first-order valence-corrected chi connectivity index (χ1v) is 10.1. The first kappa shape index (κ1) is 19.8. The minimum absolute atomic E-state index is 0.623. The second kappa shape index (κ2) is 8.91. The molecule has 0 amide bonds. The third kappa shape index (κ3) is 3.96. The summed E-state index contributed by atoms with van der Waals surface area (Å²) in [5.74, 6) is 2.45. The molecule has 0 N–H and O–H groups in total. The number of furan rings is 1. The van der Waals surface area contributed by atoms with Crippen molar-refractivity contribution in [1.82, 2.24) is 4.98 Å². The molecular weight excluding hydrogens is 376 g/mol. The number of hydrogen-bond donors (Lipinski definition) is 0. The summed E-state index contributed by atoms with van der Waals surface area (Å²) in [6.45, 7) is 3.58. The molecular formula is C25H26N2O3. The summed E-state index contributed by atoms with van der Waals surface area (Å²) in [7, 11) is 3.74. The van der Waals surface area contributed by atoms with Gasteiger partial charge < -0.3 is 18.8 Å². The molecule has 2 aromatic heterocycles. The lowest BCUT2D eigenvalue weighted by Crippen LogP contribution is -2.20. The highest BCUT2D eigenvalue weighted by Crippen LogP contribution is 2.40. The summed E-state index contributed by atoms with van der Waals surface area (Å²) < 4.78 is 17.9. The average Bonchev–Trinajstić information content (AvgIpc) is 3.14. The molecule has 2 heterocycles. The van der Waals surface area contributed by atoms with Gasteiger partial charge in [0.1, 0.15) is 22.8 Å². The van der Waals surface area contributed by atoms with Gasteiger partial charge in [-0.2, -0.15) is 0 Å². The molecule has 0 saturated heterocycles. The Hall–Kier alpha value is -3.47. The van der Waals surface area contributed by atoms with E-state index in [0.717, 1.165) is 58.0 Å². The Balaban J connectivity index is 1.50. The third-order valence-electron chi connectivity index (χ3n) is 5.25. The average molecular weight is 402 g/mol. The van der Waals surface area contributed by atoms with E-state index in [1.54, 1.807) is 13.3 Å². The zero-order chi connectivity index (χ0) is 20.9. The van der Waals surface area contributed by atoms with Crippen molar-refractivity contribution < 1.29 is 13.9 Å². The quantitative estimate of drug-likeness (QED) is 0.353. The molecule has 0 unspecified atom stereocenters. The number of aryl methyl sites for hydroxylation is 1. The molecule has 5 nitrogen and oxygen atoms in total. The molecule has 0 saturated carbocycles. The van der Waals surface area contributed by atoms with Crippen LogP contribution in [0.2, 0.25) is 0 Å². The van der Waals surface area contributed by atoms with Gasteiger partial charge in [0.15, 0.2) is 0 Å². The Kier molecular flexibility index (Phi) is 5.89. The molecule has 5 heteroatoms. The molecule has 0 aliphatic carbocycles. The zero-order valence-corrected chi connectivity index (χ0v) is 17.6. The van der Waals surface area contributed by atoms with Gasteiger partial charge in [0, 0.05) is 25.4 Å². The molecule has 0 aliphatic heterocycles. The van der Waals surface area contributed by atoms with Crippen molar-refractivity contribution >= 4 is 16.7 Å². The number of hydrogen-bond acceptors (Lipinski definition) is 5. The lowest BCUT2D eigenvalue weighted by atomic mass is 10.1. The molecule has 0 spiro atoms. The number of pyridine rings is 1. The van der Waals surface area contributed by atoms with Crippen LogP contribution in [-0.4, -0.2) is 32.3 Å². The van der Waals surface area contributed by atoms with E-state index >= 15 is 0 Å². The van der Waals surface area contributed by atoms with Gasteiger partial charge in [0.05, 0.1) is 36.6 Å². The van der Waals surface area contributed by atoms with E-state index in [-0.39, 0.29) is 0 Å².